The SMILES string of the molecule is CCCNC1CCN(Cc2ccn(C)n2)c2ccccc21. The summed E-state index contributed by atoms with van der Waals surface area (Å²) in [6.07, 6.45) is 4.34. The van der Waals surface area contributed by atoms with E-state index >= 15 is 0 Å². The molecule has 1 aromatic heterocycles. The zero-order valence-corrected chi connectivity index (χ0v) is 12.9. The molecule has 0 fully saturated rings. The number of rotatable bonds is 5. The highest BCUT2D eigenvalue weighted by Gasteiger charge is 2.24. The molecule has 0 bridgehead atoms. The number of nitrogens with zero attached hydrogens (tertiary/aromatic N) is 3. The number of hydrogen-bond acceptors (Lipinski definition) is 3. The fourth-order valence-corrected chi connectivity index (χ4v) is 3.07. The van der Waals surface area contributed by atoms with Crippen molar-refractivity contribution in [1.82, 2.24) is 15.1 Å². The Morgan fingerprint density at radius 1 is 1.29 bits per heavy atom. The Bertz CT molecular complexity index is 590. The van der Waals surface area contributed by atoms with Gasteiger partial charge in [0.2, 0.25) is 0 Å². The van der Waals surface area contributed by atoms with Crippen molar-refractivity contribution in [1.29, 1.82) is 0 Å². The summed E-state index contributed by atoms with van der Waals surface area (Å²) in [5, 5.41) is 8.18. The average molecular weight is 284 g/mol. The average Bonchev–Trinajstić information content (AvgIpc) is 2.92. The first-order valence-corrected chi connectivity index (χ1v) is 7.83. The highest BCUT2D eigenvalue weighted by molar-refractivity contribution is 5.57. The van der Waals surface area contributed by atoms with E-state index in [-0.39, 0.29) is 0 Å². The molecule has 0 radical (unpaired) electrons. The first kappa shape index (κ1) is 14.1. The third-order valence-corrected chi connectivity index (χ3v) is 4.10. The van der Waals surface area contributed by atoms with Gasteiger partial charge < -0.3 is 10.2 Å². The van der Waals surface area contributed by atoms with Crippen molar-refractivity contribution in [3.63, 3.8) is 0 Å². The highest BCUT2D eigenvalue weighted by Crippen LogP contribution is 2.34. The van der Waals surface area contributed by atoms with Gasteiger partial charge in [-0.3, -0.25) is 4.68 Å². The Morgan fingerprint density at radius 2 is 2.14 bits per heavy atom. The minimum Gasteiger partial charge on any atom is -0.365 e. The maximum Gasteiger partial charge on any atom is 0.0817 e. The maximum atomic E-state index is 4.51. The van der Waals surface area contributed by atoms with Gasteiger partial charge in [0.25, 0.3) is 0 Å². The fourth-order valence-electron chi connectivity index (χ4n) is 3.07. The maximum absolute atomic E-state index is 4.51. The molecule has 112 valence electrons. The summed E-state index contributed by atoms with van der Waals surface area (Å²) in [4.78, 5) is 2.45. The van der Waals surface area contributed by atoms with Gasteiger partial charge in [0, 0.05) is 31.5 Å². The minimum absolute atomic E-state index is 0.487. The lowest BCUT2D eigenvalue weighted by molar-refractivity contribution is 0.476. The Morgan fingerprint density at radius 3 is 2.90 bits per heavy atom. The third-order valence-electron chi connectivity index (χ3n) is 4.10. The summed E-state index contributed by atoms with van der Waals surface area (Å²) in [5.41, 5.74) is 3.91. The van der Waals surface area contributed by atoms with Crippen molar-refractivity contribution in [2.45, 2.75) is 32.4 Å². The molecule has 1 aliphatic rings. The molecule has 4 nitrogen and oxygen atoms in total. The number of para-hydroxylation sites is 1. The molecule has 4 heteroatoms. The molecular formula is C17H24N4. The zero-order valence-electron chi connectivity index (χ0n) is 12.9. The standard InChI is InChI=1S/C17H24N4/c1-3-10-18-16-9-12-21(13-14-8-11-20(2)19-14)17-7-5-4-6-15(16)17/h4-8,11,16,18H,3,9-10,12-13H2,1-2H3. The summed E-state index contributed by atoms with van der Waals surface area (Å²) in [7, 11) is 1.97. The predicted octanol–water partition coefficient (Wildman–Crippen LogP) is 2.87. The van der Waals surface area contributed by atoms with Gasteiger partial charge in [-0.1, -0.05) is 25.1 Å². The quantitative estimate of drug-likeness (QED) is 0.916. The van der Waals surface area contributed by atoms with Crippen LogP contribution in [0.15, 0.2) is 36.5 Å². The van der Waals surface area contributed by atoms with Gasteiger partial charge in [-0.05, 0) is 37.1 Å². The van der Waals surface area contributed by atoms with E-state index in [2.05, 4.69) is 52.6 Å². The van der Waals surface area contributed by atoms with Gasteiger partial charge in [0.1, 0.15) is 0 Å². The van der Waals surface area contributed by atoms with E-state index < -0.39 is 0 Å². The van der Waals surface area contributed by atoms with Crippen molar-refractivity contribution in [3.8, 4) is 0 Å². The number of aryl methyl sites for hydroxylation is 1. The second-order valence-corrected chi connectivity index (χ2v) is 5.76. The fraction of sp³-hybridized carbons (Fsp3) is 0.471. The molecule has 2 aromatic rings. The van der Waals surface area contributed by atoms with Crippen LogP contribution in [0.4, 0.5) is 5.69 Å². The van der Waals surface area contributed by atoms with Crippen LogP contribution < -0.4 is 10.2 Å². The van der Waals surface area contributed by atoms with E-state index in [1.165, 1.54) is 17.7 Å². The Balaban J connectivity index is 1.80. The molecule has 1 atom stereocenters. The summed E-state index contributed by atoms with van der Waals surface area (Å²) in [6, 6.07) is 11.4. The lowest BCUT2D eigenvalue weighted by Crippen LogP contribution is -2.35. The molecule has 1 aromatic carbocycles. The van der Waals surface area contributed by atoms with Crippen molar-refractivity contribution in [2.24, 2.45) is 7.05 Å². The Labute approximate surface area is 126 Å². The van der Waals surface area contributed by atoms with Crippen LogP contribution in [0.2, 0.25) is 0 Å². The molecule has 0 spiro atoms. The molecule has 0 saturated carbocycles. The zero-order chi connectivity index (χ0) is 14.7. The Hall–Kier alpha value is -1.81. The molecule has 0 aliphatic carbocycles. The molecule has 1 unspecified atom stereocenters. The van der Waals surface area contributed by atoms with Gasteiger partial charge in [-0.25, -0.2) is 0 Å². The first-order chi connectivity index (χ1) is 10.3. The van der Waals surface area contributed by atoms with Crippen LogP contribution in [0, 0.1) is 0 Å². The monoisotopic (exact) mass is 284 g/mol. The molecule has 1 N–H and O–H groups in total. The lowest BCUT2D eigenvalue weighted by atomic mass is 9.96. The number of anilines is 1. The second-order valence-electron chi connectivity index (χ2n) is 5.76. The van der Waals surface area contributed by atoms with Crippen LogP contribution in [0.25, 0.3) is 0 Å². The summed E-state index contributed by atoms with van der Waals surface area (Å²) in [5.74, 6) is 0. The van der Waals surface area contributed by atoms with Crippen LogP contribution >= 0.6 is 0 Å². The van der Waals surface area contributed by atoms with Crippen molar-refractivity contribution < 1.29 is 0 Å². The third kappa shape index (κ3) is 3.10. The predicted molar refractivity (Wildman–Crippen MR) is 86.4 cm³/mol. The topological polar surface area (TPSA) is 33.1 Å². The molecule has 3 rings (SSSR count). The minimum atomic E-state index is 0.487. The van der Waals surface area contributed by atoms with Crippen LogP contribution in [-0.2, 0) is 13.6 Å². The van der Waals surface area contributed by atoms with Crippen LogP contribution in [0.5, 0.6) is 0 Å². The van der Waals surface area contributed by atoms with Gasteiger partial charge in [0.05, 0.1) is 12.2 Å². The first-order valence-electron chi connectivity index (χ1n) is 7.83. The number of fused-ring (bicyclic) bond motifs is 1. The van der Waals surface area contributed by atoms with Crippen LogP contribution in [0.3, 0.4) is 0 Å². The number of aromatic nitrogens is 2. The van der Waals surface area contributed by atoms with E-state index in [1.807, 2.05) is 17.9 Å². The van der Waals surface area contributed by atoms with Gasteiger partial charge in [-0.15, -0.1) is 0 Å². The molecular weight excluding hydrogens is 260 g/mol. The second kappa shape index (κ2) is 6.31. The highest BCUT2D eigenvalue weighted by atomic mass is 15.3. The number of nitrogens with one attached hydrogen (secondary N) is 1. The molecule has 2 heterocycles. The smallest absolute Gasteiger partial charge is 0.0817 e. The van der Waals surface area contributed by atoms with Gasteiger partial charge in [0.15, 0.2) is 0 Å². The van der Waals surface area contributed by atoms with Crippen molar-refractivity contribution in [2.75, 3.05) is 18.0 Å². The lowest BCUT2D eigenvalue weighted by Gasteiger charge is -2.35. The normalized spacial score (nSPS) is 17.8. The Kier molecular flexibility index (Phi) is 4.25. The summed E-state index contributed by atoms with van der Waals surface area (Å²) < 4.78 is 1.87. The van der Waals surface area contributed by atoms with Crippen molar-refractivity contribution >= 4 is 5.69 Å². The summed E-state index contributed by atoms with van der Waals surface area (Å²) in [6.45, 7) is 5.27. The largest absolute Gasteiger partial charge is 0.365 e. The number of benzene rings is 1. The van der Waals surface area contributed by atoms with Crippen LogP contribution in [0.1, 0.15) is 37.1 Å². The van der Waals surface area contributed by atoms with Gasteiger partial charge >= 0.3 is 0 Å². The molecule has 21 heavy (non-hydrogen) atoms. The van der Waals surface area contributed by atoms with E-state index in [9.17, 15) is 0 Å². The number of hydrogen-bond donors (Lipinski definition) is 1. The molecule has 1 aliphatic heterocycles. The van der Waals surface area contributed by atoms with E-state index in [0.29, 0.717) is 6.04 Å². The molecule has 0 saturated heterocycles. The van der Waals surface area contributed by atoms with E-state index in [4.69, 9.17) is 0 Å². The summed E-state index contributed by atoms with van der Waals surface area (Å²) >= 11 is 0. The molecule has 0 amide bonds. The van der Waals surface area contributed by atoms with Gasteiger partial charge in [-0.2, -0.15) is 5.10 Å². The van der Waals surface area contributed by atoms with Crippen LogP contribution in [-0.4, -0.2) is 22.9 Å². The van der Waals surface area contributed by atoms with E-state index in [1.54, 1.807) is 0 Å². The van der Waals surface area contributed by atoms with E-state index in [0.717, 1.165) is 31.7 Å². The van der Waals surface area contributed by atoms with Crippen molar-refractivity contribution in [3.05, 3.63) is 47.8 Å².